The second kappa shape index (κ2) is 8.35. The van der Waals surface area contributed by atoms with Crippen molar-refractivity contribution in [2.75, 3.05) is 13.2 Å². The summed E-state index contributed by atoms with van der Waals surface area (Å²) >= 11 is 2.17. The van der Waals surface area contributed by atoms with E-state index in [2.05, 4.69) is 27.2 Å². The number of hydrogen-bond donors (Lipinski definition) is 0. The molecule has 0 unspecified atom stereocenters. The van der Waals surface area contributed by atoms with Crippen LogP contribution >= 0.6 is 22.6 Å². The van der Waals surface area contributed by atoms with Gasteiger partial charge in [0.15, 0.2) is 6.61 Å². The molecule has 0 spiro atoms. The van der Waals surface area contributed by atoms with Crippen molar-refractivity contribution in [3.8, 4) is 0 Å². The van der Waals surface area contributed by atoms with Crippen LogP contribution in [0.2, 0.25) is 0 Å². The molecular weight excluding hydrogens is 445 g/mol. The molecule has 6 heteroatoms. The number of benzene rings is 1. The molecule has 1 aromatic carbocycles. The van der Waals surface area contributed by atoms with E-state index >= 15 is 0 Å². The van der Waals surface area contributed by atoms with Crippen LogP contribution in [0.5, 0.6) is 0 Å². The van der Waals surface area contributed by atoms with E-state index in [1.165, 1.54) is 0 Å². The van der Waals surface area contributed by atoms with Crippen molar-refractivity contribution in [1.29, 1.82) is 0 Å². The van der Waals surface area contributed by atoms with Crippen molar-refractivity contribution in [1.82, 2.24) is 4.57 Å². The Morgan fingerprint density at radius 2 is 2.00 bits per heavy atom. The van der Waals surface area contributed by atoms with Crippen LogP contribution in [0.15, 0.2) is 30.3 Å². The normalized spacial score (nSPS) is 16.7. The summed E-state index contributed by atoms with van der Waals surface area (Å²) in [5.41, 5.74) is 2.97. The molecule has 138 valence electrons. The van der Waals surface area contributed by atoms with Gasteiger partial charge in [0.05, 0.1) is 11.7 Å². The third-order valence-electron chi connectivity index (χ3n) is 4.70. The van der Waals surface area contributed by atoms with E-state index in [1.54, 1.807) is 12.1 Å². The molecule has 2 heterocycles. The minimum Gasteiger partial charge on any atom is -0.454 e. The molecule has 1 atom stereocenters. The summed E-state index contributed by atoms with van der Waals surface area (Å²) in [7, 11) is 0. The molecule has 1 aliphatic heterocycles. The number of Topliss-reactive ketones (excluding diaryl/α,β-unsaturated/α-hetero) is 1. The minimum absolute atomic E-state index is 0.185. The topological polar surface area (TPSA) is 57.5 Å². The number of ketones is 1. The maximum absolute atomic E-state index is 12.5. The summed E-state index contributed by atoms with van der Waals surface area (Å²) in [6, 6.07) is 8.92. The molecule has 26 heavy (non-hydrogen) atoms. The third-order valence-corrected chi connectivity index (χ3v) is 5.42. The Morgan fingerprint density at radius 3 is 2.65 bits per heavy atom. The first kappa shape index (κ1) is 19.1. The molecule has 0 bridgehead atoms. The number of hydrogen-bond acceptors (Lipinski definition) is 4. The summed E-state index contributed by atoms with van der Waals surface area (Å²) in [5, 5.41) is 0. The molecule has 2 aromatic rings. The van der Waals surface area contributed by atoms with E-state index in [9.17, 15) is 9.59 Å². The molecule has 5 nitrogen and oxygen atoms in total. The average Bonchev–Trinajstić information content (AvgIpc) is 3.24. The summed E-state index contributed by atoms with van der Waals surface area (Å²) in [6.45, 7) is 5.22. The molecule has 0 radical (unpaired) electrons. The van der Waals surface area contributed by atoms with Crippen molar-refractivity contribution in [3.63, 3.8) is 0 Å². The number of nitrogens with zero attached hydrogens (tertiary/aromatic N) is 1. The first-order chi connectivity index (χ1) is 12.5. The number of aromatic nitrogens is 1. The van der Waals surface area contributed by atoms with Crippen molar-refractivity contribution >= 4 is 34.3 Å². The predicted octanol–water partition coefficient (Wildman–Crippen LogP) is 3.93. The van der Waals surface area contributed by atoms with Crippen molar-refractivity contribution in [3.05, 3.63) is 56.4 Å². The fourth-order valence-corrected chi connectivity index (χ4v) is 3.59. The van der Waals surface area contributed by atoms with Crippen molar-refractivity contribution < 1.29 is 19.1 Å². The van der Waals surface area contributed by atoms with Gasteiger partial charge in [0, 0.05) is 33.7 Å². The predicted molar refractivity (Wildman–Crippen MR) is 107 cm³/mol. The number of carbonyl (C=O) groups excluding carboxylic acids is 2. The van der Waals surface area contributed by atoms with Crippen LogP contribution in [0.1, 0.15) is 44.9 Å². The summed E-state index contributed by atoms with van der Waals surface area (Å²) < 4.78 is 14.0. The van der Waals surface area contributed by atoms with Crippen LogP contribution in [0.3, 0.4) is 0 Å². The zero-order valence-corrected chi connectivity index (χ0v) is 17.1. The van der Waals surface area contributed by atoms with Crippen molar-refractivity contribution in [2.45, 2.75) is 39.3 Å². The molecule has 0 aliphatic carbocycles. The lowest BCUT2D eigenvalue weighted by atomic mass is 10.1. The van der Waals surface area contributed by atoms with Gasteiger partial charge in [0.25, 0.3) is 0 Å². The summed E-state index contributed by atoms with van der Waals surface area (Å²) in [4.78, 5) is 24.6. The first-order valence-corrected chi connectivity index (χ1v) is 9.78. The van der Waals surface area contributed by atoms with E-state index < -0.39 is 5.97 Å². The van der Waals surface area contributed by atoms with Crippen LogP contribution in [-0.4, -0.2) is 35.6 Å². The number of carbonyl (C=O) groups is 2. The average molecular weight is 467 g/mol. The lowest BCUT2D eigenvalue weighted by molar-refractivity contribution is 0.0474. The molecule has 0 N–H and O–H groups in total. The van der Waals surface area contributed by atoms with E-state index in [0.29, 0.717) is 11.1 Å². The molecule has 0 saturated carbocycles. The van der Waals surface area contributed by atoms with E-state index in [4.69, 9.17) is 9.47 Å². The Kier molecular flexibility index (Phi) is 6.13. The van der Waals surface area contributed by atoms with Gasteiger partial charge in [-0.05, 0) is 79.6 Å². The second-order valence-corrected chi connectivity index (χ2v) is 7.78. The molecular formula is C20H22INO4. The molecule has 1 aromatic heterocycles. The minimum atomic E-state index is -0.483. The largest absolute Gasteiger partial charge is 0.454 e. The Hall–Kier alpha value is -1.67. The fraction of sp³-hybridized carbons (Fsp3) is 0.400. The summed E-state index contributed by atoms with van der Waals surface area (Å²) in [6.07, 6.45) is 2.35. The highest BCUT2D eigenvalue weighted by Crippen LogP contribution is 2.21. The highest BCUT2D eigenvalue weighted by atomic mass is 127. The van der Waals surface area contributed by atoms with E-state index in [0.717, 1.165) is 41.0 Å². The SMILES string of the molecule is Cc1cc(C(=O)COC(=O)c2ccc(I)cc2)c(C)n1C[C@H]1CCCO1. The molecule has 1 saturated heterocycles. The standard InChI is InChI=1S/C20H22INO4/c1-13-10-18(14(2)22(13)11-17-4-3-9-25-17)19(23)12-26-20(24)15-5-7-16(21)8-6-15/h5-8,10,17H,3-4,9,11-12H2,1-2H3/t17-/m1/s1. The van der Waals surface area contributed by atoms with Crippen LogP contribution in [-0.2, 0) is 16.0 Å². The summed E-state index contributed by atoms with van der Waals surface area (Å²) in [5.74, 6) is -0.668. The monoisotopic (exact) mass is 467 g/mol. The van der Waals surface area contributed by atoms with Crippen molar-refractivity contribution in [2.24, 2.45) is 0 Å². The Morgan fingerprint density at radius 1 is 1.27 bits per heavy atom. The molecule has 1 fully saturated rings. The van der Waals surface area contributed by atoms with E-state index in [-0.39, 0.29) is 18.5 Å². The van der Waals surface area contributed by atoms with Crippen LogP contribution in [0.25, 0.3) is 0 Å². The maximum atomic E-state index is 12.5. The van der Waals surface area contributed by atoms with Gasteiger partial charge < -0.3 is 14.0 Å². The highest BCUT2D eigenvalue weighted by Gasteiger charge is 2.21. The van der Waals surface area contributed by atoms with Crippen LogP contribution in [0.4, 0.5) is 0 Å². The van der Waals surface area contributed by atoms with Gasteiger partial charge in [-0.25, -0.2) is 4.79 Å². The van der Waals surface area contributed by atoms with E-state index in [1.807, 2.05) is 32.0 Å². The number of ether oxygens (including phenoxy) is 2. The number of rotatable bonds is 6. The van der Waals surface area contributed by atoms with Gasteiger partial charge in [0.1, 0.15) is 0 Å². The molecule has 0 amide bonds. The second-order valence-electron chi connectivity index (χ2n) is 6.54. The van der Waals surface area contributed by atoms with Crippen LogP contribution < -0.4 is 0 Å². The maximum Gasteiger partial charge on any atom is 0.338 e. The quantitative estimate of drug-likeness (QED) is 0.367. The number of halogens is 1. The zero-order valence-electron chi connectivity index (χ0n) is 15.0. The third kappa shape index (κ3) is 4.35. The highest BCUT2D eigenvalue weighted by molar-refractivity contribution is 14.1. The lowest BCUT2D eigenvalue weighted by Gasteiger charge is -2.14. The lowest BCUT2D eigenvalue weighted by Crippen LogP contribution is -2.18. The number of esters is 1. The Balaban J connectivity index is 1.64. The van der Waals surface area contributed by atoms with Gasteiger partial charge in [-0.1, -0.05) is 0 Å². The van der Waals surface area contributed by atoms with Gasteiger partial charge >= 0.3 is 5.97 Å². The Bertz CT molecular complexity index is 804. The first-order valence-electron chi connectivity index (χ1n) is 8.70. The van der Waals surface area contributed by atoms with Gasteiger partial charge in [-0.15, -0.1) is 0 Å². The van der Waals surface area contributed by atoms with Gasteiger partial charge in [0.2, 0.25) is 5.78 Å². The molecule has 3 rings (SSSR count). The number of aryl methyl sites for hydroxylation is 1. The fourth-order valence-electron chi connectivity index (χ4n) is 3.23. The zero-order chi connectivity index (χ0) is 18.7. The van der Waals surface area contributed by atoms with Gasteiger partial charge in [-0.3, -0.25) is 4.79 Å². The molecule has 1 aliphatic rings. The van der Waals surface area contributed by atoms with Crippen LogP contribution in [0, 0.1) is 17.4 Å². The smallest absolute Gasteiger partial charge is 0.338 e. The Labute approximate surface area is 166 Å². The van der Waals surface area contributed by atoms with Gasteiger partial charge in [-0.2, -0.15) is 0 Å².